The van der Waals surface area contributed by atoms with E-state index in [1.54, 1.807) is 18.4 Å². The lowest BCUT2D eigenvalue weighted by atomic mass is 10.1. The van der Waals surface area contributed by atoms with E-state index in [0.29, 0.717) is 0 Å². The smallest absolute Gasteiger partial charge is 0.171 e. The van der Waals surface area contributed by atoms with Crippen LogP contribution in [-0.2, 0) is 0 Å². The Morgan fingerprint density at radius 2 is 1.59 bits per heavy atom. The molecule has 17 heavy (non-hydrogen) atoms. The number of thiophene rings is 1. The number of unbranched alkanes of at least 4 members (excludes halogenated alkanes) is 6. The van der Waals surface area contributed by atoms with Crippen molar-refractivity contribution >= 4 is 11.3 Å². The second-order valence-corrected chi connectivity index (χ2v) is 5.02. The predicted molar refractivity (Wildman–Crippen MR) is 74.4 cm³/mol. The van der Waals surface area contributed by atoms with Crippen molar-refractivity contribution in [2.45, 2.75) is 51.9 Å². The third-order valence-corrected chi connectivity index (χ3v) is 3.52. The number of methoxy groups -OCH3 is 1. The molecule has 98 valence electrons. The lowest BCUT2D eigenvalue weighted by Crippen LogP contribution is -1.97. The van der Waals surface area contributed by atoms with Crippen molar-refractivity contribution in [2.24, 2.45) is 0 Å². The summed E-state index contributed by atoms with van der Waals surface area (Å²) >= 11 is 1.62. The minimum absolute atomic E-state index is 0.806. The first-order valence-corrected chi connectivity index (χ1v) is 7.55. The Kier molecular flexibility index (Phi) is 7.89. The Hall–Kier alpha value is -0.700. The molecule has 0 unspecified atom stereocenters. The van der Waals surface area contributed by atoms with Crippen LogP contribution in [0.25, 0.3) is 0 Å². The first-order chi connectivity index (χ1) is 8.38. The lowest BCUT2D eigenvalue weighted by molar-refractivity contribution is 0.286. The average Bonchev–Trinajstić information content (AvgIpc) is 2.80. The van der Waals surface area contributed by atoms with Crippen molar-refractivity contribution in [1.29, 1.82) is 0 Å². The maximum Gasteiger partial charge on any atom is 0.171 e. The number of ether oxygens (including phenoxy) is 2. The Morgan fingerprint density at radius 3 is 2.29 bits per heavy atom. The van der Waals surface area contributed by atoms with Crippen LogP contribution in [0.15, 0.2) is 10.8 Å². The third-order valence-electron chi connectivity index (χ3n) is 2.82. The van der Waals surface area contributed by atoms with E-state index in [1.165, 1.54) is 38.5 Å². The second kappa shape index (κ2) is 9.34. The van der Waals surface area contributed by atoms with Gasteiger partial charge >= 0.3 is 0 Å². The molecule has 0 radical (unpaired) electrons. The maximum atomic E-state index is 5.68. The van der Waals surface area contributed by atoms with Gasteiger partial charge in [0, 0.05) is 10.8 Å². The first-order valence-electron chi connectivity index (χ1n) is 6.61. The number of rotatable bonds is 10. The highest BCUT2D eigenvalue weighted by Crippen LogP contribution is 2.31. The largest absolute Gasteiger partial charge is 0.492 e. The molecule has 0 bridgehead atoms. The van der Waals surface area contributed by atoms with Gasteiger partial charge in [0.25, 0.3) is 0 Å². The third kappa shape index (κ3) is 5.97. The van der Waals surface area contributed by atoms with Crippen LogP contribution in [0.4, 0.5) is 0 Å². The van der Waals surface area contributed by atoms with E-state index < -0.39 is 0 Å². The van der Waals surface area contributed by atoms with Crippen LogP contribution in [0.5, 0.6) is 11.5 Å². The SMILES string of the molecule is CCCCCCCCCOc1cscc1OC. The van der Waals surface area contributed by atoms with E-state index in [1.807, 2.05) is 10.8 Å². The van der Waals surface area contributed by atoms with E-state index in [9.17, 15) is 0 Å². The van der Waals surface area contributed by atoms with Crippen molar-refractivity contribution < 1.29 is 9.47 Å². The van der Waals surface area contributed by atoms with Gasteiger partial charge in [0.15, 0.2) is 11.5 Å². The van der Waals surface area contributed by atoms with Crippen LogP contribution < -0.4 is 9.47 Å². The van der Waals surface area contributed by atoms with E-state index in [0.717, 1.165) is 24.5 Å². The highest BCUT2D eigenvalue weighted by atomic mass is 32.1. The van der Waals surface area contributed by atoms with Crippen molar-refractivity contribution in [1.82, 2.24) is 0 Å². The fourth-order valence-corrected chi connectivity index (χ4v) is 2.48. The molecule has 1 heterocycles. The average molecular weight is 256 g/mol. The molecule has 0 N–H and O–H groups in total. The monoisotopic (exact) mass is 256 g/mol. The molecule has 2 nitrogen and oxygen atoms in total. The molecular weight excluding hydrogens is 232 g/mol. The topological polar surface area (TPSA) is 18.5 Å². The van der Waals surface area contributed by atoms with Crippen molar-refractivity contribution in [2.75, 3.05) is 13.7 Å². The number of hydrogen-bond acceptors (Lipinski definition) is 3. The quantitative estimate of drug-likeness (QED) is 0.555. The Balaban J connectivity index is 1.97. The number of hydrogen-bond donors (Lipinski definition) is 0. The molecule has 1 aromatic heterocycles. The summed E-state index contributed by atoms with van der Waals surface area (Å²) in [5, 5.41) is 3.97. The molecule has 0 aliphatic heterocycles. The van der Waals surface area contributed by atoms with Crippen molar-refractivity contribution in [3.63, 3.8) is 0 Å². The van der Waals surface area contributed by atoms with E-state index in [4.69, 9.17) is 9.47 Å². The summed E-state index contributed by atoms with van der Waals surface area (Å²) < 4.78 is 10.9. The summed E-state index contributed by atoms with van der Waals surface area (Å²) in [6.07, 6.45) is 9.21. The van der Waals surface area contributed by atoms with E-state index in [-0.39, 0.29) is 0 Å². The highest BCUT2D eigenvalue weighted by molar-refractivity contribution is 7.08. The van der Waals surface area contributed by atoms with Crippen LogP contribution in [0.2, 0.25) is 0 Å². The molecule has 0 aliphatic carbocycles. The van der Waals surface area contributed by atoms with Gasteiger partial charge in [-0.1, -0.05) is 45.4 Å². The van der Waals surface area contributed by atoms with Gasteiger partial charge in [-0.2, -0.15) is 0 Å². The molecule has 0 fully saturated rings. The standard InChI is InChI=1S/C14H24O2S/c1-3-4-5-6-7-8-9-10-16-14-12-17-11-13(14)15-2/h11-12H,3-10H2,1-2H3. The van der Waals surface area contributed by atoms with Crippen LogP contribution in [0, 0.1) is 0 Å². The molecule has 0 spiro atoms. The summed E-state index contributed by atoms with van der Waals surface area (Å²) in [7, 11) is 1.68. The van der Waals surface area contributed by atoms with Gasteiger partial charge < -0.3 is 9.47 Å². The molecule has 0 amide bonds. The molecule has 0 aliphatic rings. The highest BCUT2D eigenvalue weighted by Gasteiger charge is 2.03. The molecule has 1 rings (SSSR count). The van der Waals surface area contributed by atoms with E-state index >= 15 is 0 Å². The van der Waals surface area contributed by atoms with Gasteiger partial charge in [-0.3, -0.25) is 0 Å². The van der Waals surface area contributed by atoms with Crippen molar-refractivity contribution in [3.8, 4) is 11.5 Å². The van der Waals surface area contributed by atoms with Gasteiger partial charge in [0.1, 0.15) is 0 Å². The molecule has 0 saturated carbocycles. The van der Waals surface area contributed by atoms with Crippen LogP contribution >= 0.6 is 11.3 Å². The van der Waals surface area contributed by atoms with Gasteiger partial charge in [-0.15, -0.1) is 11.3 Å². The minimum Gasteiger partial charge on any atom is -0.492 e. The zero-order valence-electron chi connectivity index (χ0n) is 11.0. The van der Waals surface area contributed by atoms with Gasteiger partial charge in [-0.05, 0) is 6.42 Å². The summed E-state index contributed by atoms with van der Waals surface area (Å²) in [6, 6.07) is 0. The Labute approximate surface area is 109 Å². The fraction of sp³-hybridized carbons (Fsp3) is 0.714. The molecule has 0 atom stereocenters. The lowest BCUT2D eigenvalue weighted by Gasteiger charge is -2.06. The molecule has 1 aromatic rings. The van der Waals surface area contributed by atoms with Crippen LogP contribution in [-0.4, -0.2) is 13.7 Å². The van der Waals surface area contributed by atoms with Crippen molar-refractivity contribution in [3.05, 3.63) is 10.8 Å². The van der Waals surface area contributed by atoms with Gasteiger partial charge in [-0.25, -0.2) is 0 Å². The summed E-state index contributed by atoms with van der Waals surface area (Å²) in [5.74, 6) is 1.75. The zero-order chi connectivity index (χ0) is 12.3. The van der Waals surface area contributed by atoms with Crippen LogP contribution in [0.1, 0.15) is 51.9 Å². The molecule has 0 saturated heterocycles. The first kappa shape index (κ1) is 14.4. The normalized spacial score (nSPS) is 10.5. The van der Waals surface area contributed by atoms with E-state index in [2.05, 4.69) is 6.92 Å². The summed E-state index contributed by atoms with van der Waals surface area (Å²) in [4.78, 5) is 0. The summed E-state index contributed by atoms with van der Waals surface area (Å²) in [6.45, 7) is 3.06. The Morgan fingerprint density at radius 1 is 0.941 bits per heavy atom. The van der Waals surface area contributed by atoms with Crippen LogP contribution in [0.3, 0.4) is 0 Å². The van der Waals surface area contributed by atoms with Gasteiger partial charge in [0.05, 0.1) is 13.7 Å². The molecule has 0 aromatic carbocycles. The Bertz CT molecular complexity index is 284. The maximum absolute atomic E-state index is 5.68. The zero-order valence-corrected chi connectivity index (χ0v) is 11.9. The molecule has 3 heteroatoms. The predicted octanol–water partition coefficient (Wildman–Crippen LogP) is 4.89. The van der Waals surface area contributed by atoms with Gasteiger partial charge in [0.2, 0.25) is 0 Å². The second-order valence-electron chi connectivity index (χ2n) is 4.27. The minimum atomic E-state index is 0.806. The molecular formula is C14H24O2S. The fourth-order valence-electron chi connectivity index (χ4n) is 1.77. The summed E-state index contributed by atoms with van der Waals surface area (Å²) in [5.41, 5.74) is 0.